The maximum absolute atomic E-state index is 12.7. The van der Waals surface area contributed by atoms with Crippen molar-refractivity contribution in [2.45, 2.75) is 11.3 Å². The summed E-state index contributed by atoms with van der Waals surface area (Å²) in [7, 11) is 0. The second-order valence-electron chi connectivity index (χ2n) is 6.18. The van der Waals surface area contributed by atoms with E-state index in [-0.39, 0.29) is 11.8 Å². The van der Waals surface area contributed by atoms with Crippen molar-refractivity contribution in [3.63, 3.8) is 0 Å². The van der Waals surface area contributed by atoms with Crippen LogP contribution in [0.1, 0.15) is 26.5 Å². The van der Waals surface area contributed by atoms with Crippen LogP contribution in [0.25, 0.3) is 0 Å². The van der Waals surface area contributed by atoms with Gasteiger partial charge >= 0.3 is 0 Å². The molecule has 0 fully saturated rings. The topological polar surface area (TPSA) is 62.6 Å². The van der Waals surface area contributed by atoms with E-state index in [2.05, 4.69) is 5.32 Å². The molecule has 2 heterocycles. The van der Waals surface area contributed by atoms with Crippen molar-refractivity contribution in [1.82, 2.24) is 0 Å². The Hall–Kier alpha value is -2.99. The predicted molar refractivity (Wildman–Crippen MR) is 107 cm³/mol. The van der Waals surface area contributed by atoms with Crippen LogP contribution >= 0.6 is 11.8 Å². The van der Waals surface area contributed by atoms with E-state index in [1.54, 1.807) is 23.1 Å². The van der Waals surface area contributed by atoms with Crippen LogP contribution in [0.15, 0.2) is 70.2 Å². The number of nitrogens with one attached hydrogen (secondary N) is 1. The monoisotopic (exact) mass is 378 g/mol. The number of anilines is 2. The van der Waals surface area contributed by atoms with Gasteiger partial charge in [-0.1, -0.05) is 18.2 Å². The first kappa shape index (κ1) is 17.4. The van der Waals surface area contributed by atoms with Gasteiger partial charge in [0.25, 0.3) is 11.8 Å². The number of fused-ring (bicyclic) bond motifs is 1. The Morgan fingerprint density at radius 1 is 1.11 bits per heavy atom. The Morgan fingerprint density at radius 2 is 1.96 bits per heavy atom. The van der Waals surface area contributed by atoms with E-state index in [4.69, 9.17) is 4.42 Å². The van der Waals surface area contributed by atoms with Gasteiger partial charge in [-0.05, 0) is 54.6 Å². The lowest BCUT2D eigenvalue weighted by atomic mass is 10.1. The van der Waals surface area contributed by atoms with E-state index in [9.17, 15) is 9.59 Å². The Balaban J connectivity index is 1.59. The third-order valence-corrected chi connectivity index (χ3v) is 5.36. The molecule has 2 aromatic carbocycles. The minimum atomic E-state index is -0.171. The minimum absolute atomic E-state index is 0.165. The summed E-state index contributed by atoms with van der Waals surface area (Å²) in [4.78, 5) is 27.9. The third kappa shape index (κ3) is 3.36. The van der Waals surface area contributed by atoms with E-state index in [1.807, 2.05) is 42.7 Å². The lowest BCUT2D eigenvalue weighted by Gasteiger charge is -2.17. The molecule has 0 radical (unpaired) electrons. The van der Waals surface area contributed by atoms with Gasteiger partial charge < -0.3 is 14.6 Å². The molecule has 0 saturated carbocycles. The zero-order valence-electron chi connectivity index (χ0n) is 14.8. The van der Waals surface area contributed by atoms with Gasteiger partial charge in [0, 0.05) is 22.8 Å². The molecule has 0 bridgehead atoms. The SMILES string of the molecule is CSc1ccccc1C(=O)Nc1ccc2c(c1)N(C(=O)c1ccco1)CC2. The number of hydrogen-bond donors (Lipinski definition) is 1. The van der Waals surface area contributed by atoms with Gasteiger partial charge in [0.05, 0.1) is 11.8 Å². The van der Waals surface area contributed by atoms with Gasteiger partial charge in [-0.3, -0.25) is 9.59 Å². The van der Waals surface area contributed by atoms with Crippen molar-refractivity contribution in [1.29, 1.82) is 0 Å². The van der Waals surface area contributed by atoms with E-state index in [0.29, 0.717) is 23.6 Å². The largest absolute Gasteiger partial charge is 0.459 e. The lowest BCUT2D eigenvalue weighted by Crippen LogP contribution is -2.28. The summed E-state index contributed by atoms with van der Waals surface area (Å²) in [5, 5.41) is 2.94. The van der Waals surface area contributed by atoms with E-state index in [1.165, 1.54) is 18.0 Å². The molecule has 27 heavy (non-hydrogen) atoms. The number of amides is 2. The molecule has 0 unspecified atom stereocenters. The fourth-order valence-corrected chi connectivity index (χ4v) is 3.83. The van der Waals surface area contributed by atoms with Crippen molar-refractivity contribution in [3.05, 3.63) is 77.7 Å². The van der Waals surface area contributed by atoms with Gasteiger partial charge in [-0.25, -0.2) is 0 Å². The van der Waals surface area contributed by atoms with Crippen LogP contribution < -0.4 is 10.2 Å². The number of benzene rings is 2. The average molecular weight is 378 g/mol. The van der Waals surface area contributed by atoms with Crippen molar-refractivity contribution >= 4 is 35.0 Å². The normalized spacial score (nSPS) is 12.7. The molecule has 2 amide bonds. The Kier molecular flexibility index (Phi) is 4.73. The first-order valence-electron chi connectivity index (χ1n) is 8.60. The average Bonchev–Trinajstić information content (AvgIpc) is 3.37. The Bertz CT molecular complexity index is 998. The van der Waals surface area contributed by atoms with Crippen LogP contribution in [-0.2, 0) is 6.42 Å². The summed E-state index contributed by atoms with van der Waals surface area (Å²) in [5.41, 5.74) is 3.19. The minimum Gasteiger partial charge on any atom is -0.459 e. The quantitative estimate of drug-likeness (QED) is 0.681. The molecule has 1 aliphatic rings. The molecule has 3 aromatic rings. The molecule has 136 valence electrons. The van der Waals surface area contributed by atoms with Gasteiger partial charge in [0.2, 0.25) is 0 Å². The molecule has 0 saturated heterocycles. The van der Waals surface area contributed by atoms with Gasteiger partial charge in [-0.2, -0.15) is 0 Å². The van der Waals surface area contributed by atoms with Gasteiger partial charge in [0.1, 0.15) is 0 Å². The van der Waals surface area contributed by atoms with Crippen molar-refractivity contribution in [2.75, 3.05) is 23.0 Å². The van der Waals surface area contributed by atoms with Crippen LogP contribution in [0, 0.1) is 0 Å². The molecule has 4 rings (SSSR count). The summed E-state index contributed by atoms with van der Waals surface area (Å²) in [6.45, 7) is 0.599. The van der Waals surface area contributed by atoms with E-state index in [0.717, 1.165) is 22.6 Å². The Labute approximate surface area is 161 Å². The molecule has 0 spiro atoms. The molecular formula is C21H18N2O3S. The summed E-state index contributed by atoms with van der Waals surface area (Å²) in [6, 6.07) is 16.5. The number of furan rings is 1. The van der Waals surface area contributed by atoms with Crippen LogP contribution in [-0.4, -0.2) is 24.6 Å². The van der Waals surface area contributed by atoms with Crippen molar-refractivity contribution in [2.24, 2.45) is 0 Å². The van der Waals surface area contributed by atoms with E-state index < -0.39 is 0 Å². The standard InChI is InChI=1S/C21H18N2O3S/c1-27-19-7-3-2-5-16(19)20(24)22-15-9-8-14-10-11-23(17(14)13-15)21(25)18-6-4-12-26-18/h2-9,12-13H,10-11H2,1H3,(H,22,24). The first-order chi connectivity index (χ1) is 13.2. The van der Waals surface area contributed by atoms with Crippen LogP contribution in [0.3, 0.4) is 0 Å². The smallest absolute Gasteiger partial charge is 0.293 e. The summed E-state index contributed by atoms with van der Waals surface area (Å²) >= 11 is 1.53. The first-order valence-corrected chi connectivity index (χ1v) is 9.82. The second kappa shape index (κ2) is 7.32. The number of carbonyl (C=O) groups excluding carboxylic acids is 2. The highest BCUT2D eigenvalue weighted by atomic mass is 32.2. The van der Waals surface area contributed by atoms with Gasteiger partial charge in [0.15, 0.2) is 5.76 Å². The number of nitrogens with zero attached hydrogens (tertiary/aromatic N) is 1. The lowest BCUT2D eigenvalue weighted by molar-refractivity contribution is 0.0962. The molecule has 0 atom stereocenters. The molecule has 5 nitrogen and oxygen atoms in total. The highest BCUT2D eigenvalue weighted by molar-refractivity contribution is 7.98. The highest BCUT2D eigenvalue weighted by Crippen LogP contribution is 2.32. The number of carbonyl (C=O) groups is 2. The highest BCUT2D eigenvalue weighted by Gasteiger charge is 2.27. The second-order valence-corrected chi connectivity index (χ2v) is 7.03. The summed E-state index contributed by atoms with van der Waals surface area (Å²) in [6.07, 6.45) is 4.22. The fraction of sp³-hybridized carbons (Fsp3) is 0.143. The third-order valence-electron chi connectivity index (χ3n) is 4.57. The number of rotatable bonds is 4. The molecule has 6 heteroatoms. The Morgan fingerprint density at radius 3 is 2.74 bits per heavy atom. The molecule has 0 aliphatic carbocycles. The van der Waals surface area contributed by atoms with Crippen LogP contribution in [0.5, 0.6) is 0 Å². The fourth-order valence-electron chi connectivity index (χ4n) is 3.23. The van der Waals surface area contributed by atoms with Gasteiger partial charge in [-0.15, -0.1) is 11.8 Å². The van der Waals surface area contributed by atoms with Crippen LogP contribution in [0.2, 0.25) is 0 Å². The zero-order chi connectivity index (χ0) is 18.8. The maximum Gasteiger partial charge on any atom is 0.293 e. The number of hydrogen-bond acceptors (Lipinski definition) is 4. The van der Waals surface area contributed by atoms with Crippen molar-refractivity contribution < 1.29 is 14.0 Å². The molecular weight excluding hydrogens is 360 g/mol. The zero-order valence-corrected chi connectivity index (χ0v) is 15.6. The molecule has 1 aliphatic heterocycles. The van der Waals surface area contributed by atoms with E-state index >= 15 is 0 Å². The predicted octanol–water partition coefficient (Wildman–Crippen LogP) is 4.46. The van der Waals surface area contributed by atoms with Crippen LogP contribution in [0.4, 0.5) is 11.4 Å². The number of thioether (sulfide) groups is 1. The maximum atomic E-state index is 12.7. The van der Waals surface area contributed by atoms with Crippen molar-refractivity contribution in [3.8, 4) is 0 Å². The summed E-state index contributed by atoms with van der Waals surface area (Å²) in [5.74, 6) is -0.0250. The molecule has 1 N–H and O–H groups in total. The molecule has 1 aromatic heterocycles. The summed E-state index contributed by atoms with van der Waals surface area (Å²) < 4.78 is 5.24.